The second-order valence-electron chi connectivity index (χ2n) is 8.90. The van der Waals surface area contributed by atoms with Crippen LogP contribution < -0.4 is 10.2 Å². The van der Waals surface area contributed by atoms with E-state index in [-0.39, 0.29) is 24.2 Å². The van der Waals surface area contributed by atoms with Gasteiger partial charge in [-0.05, 0) is 66.2 Å². The van der Waals surface area contributed by atoms with Crippen LogP contribution >= 0.6 is 0 Å². The number of anilines is 2. The highest BCUT2D eigenvalue weighted by molar-refractivity contribution is 6.10. The molecule has 3 N–H and O–H groups in total. The molecule has 2 aromatic heterocycles. The minimum absolute atomic E-state index is 0.109. The maximum absolute atomic E-state index is 13.4. The first kappa shape index (κ1) is 25.8. The fourth-order valence-electron chi connectivity index (χ4n) is 4.18. The van der Waals surface area contributed by atoms with Gasteiger partial charge in [0.05, 0.1) is 37.3 Å². The first-order valence-electron chi connectivity index (χ1n) is 12.5. The van der Waals surface area contributed by atoms with Crippen LogP contribution in [0.25, 0.3) is 0 Å². The third kappa shape index (κ3) is 6.55. The number of ether oxygens (including phenoxy) is 1. The minimum Gasteiger partial charge on any atom is -0.378 e. The summed E-state index contributed by atoms with van der Waals surface area (Å²) >= 11 is 0. The monoisotopic (exact) mass is 525 g/mol. The van der Waals surface area contributed by atoms with E-state index >= 15 is 0 Å². The van der Waals surface area contributed by atoms with E-state index in [0.717, 1.165) is 11.3 Å². The predicted molar refractivity (Wildman–Crippen MR) is 149 cm³/mol. The van der Waals surface area contributed by atoms with Crippen LogP contribution in [0.1, 0.15) is 16.8 Å². The second kappa shape index (κ2) is 12.1. The van der Waals surface area contributed by atoms with E-state index in [1.54, 1.807) is 60.9 Å². The van der Waals surface area contributed by atoms with E-state index in [1.165, 1.54) is 17.0 Å². The summed E-state index contributed by atoms with van der Waals surface area (Å²) in [5.41, 5.74) is 3.39. The topological polar surface area (TPSA) is 110 Å². The number of nitrogens with zero attached hydrogens (tertiary/aromatic N) is 4. The molecule has 5 rings (SSSR count). The van der Waals surface area contributed by atoms with Gasteiger partial charge in [-0.1, -0.05) is 12.1 Å². The van der Waals surface area contributed by atoms with E-state index in [2.05, 4.69) is 25.2 Å². The van der Waals surface area contributed by atoms with Crippen LogP contribution in [0.5, 0.6) is 0 Å². The van der Waals surface area contributed by atoms with Gasteiger partial charge in [0.1, 0.15) is 5.82 Å². The molecule has 2 aromatic carbocycles. The van der Waals surface area contributed by atoms with Crippen LogP contribution in [0.2, 0.25) is 0 Å². The van der Waals surface area contributed by atoms with E-state index in [4.69, 9.17) is 10.1 Å². The predicted octanol–water partition coefficient (Wildman–Crippen LogP) is 4.89. The number of aromatic amines is 1. The average Bonchev–Trinajstić information content (AvgIpc) is 3.51. The van der Waals surface area contributed by atoms with Crippen molar-refractivity contribution in [3.63, 3.8) is 0 Å². The van der Waals surface area contributed by atoms with E-state index in [0.29, 0.717) is 49.1 Å². The summed E-state index contributed by atoms with van der Waals surface area (Å²) in [6.07, 6.45) is 5.06. The van der Waals surface area contributed by atoms with Gasteiger partial charge in [0, 0.05) is 36.7 Å². The third-order valence-electron chi connectivity index (χ3n) is 6.23. The van der Waals surface area contributed by atoms with Crippen LogP contribution in [0.4, 0.5) is 20.6 Å². The summed E-state index contributed by atoms with van der Waals surface area (Å²) in [5.74, 6) is 0.465. The molecule has 4 aromatic rings. The molecule has 3 heterocycles. The number of carbonyl (C=O) groups is 1. The molecule has 10 heteroatoms. The highest BCUT2D eigenvalue weighted by Gasteiger charge is 2.20. The number of pyridine rings is 1. The van der Waals surface area contributed by atoms with Crippen molar-refractivity contribution >= 4 is 29.1 Å². The largest absolute Gasteiger partial charge is 0.378 e. The molecule has 1 aliphatic heterocycles. The van der Waals surface area contributed by atoms with Crippen molar-refractivity contribution in [2.45, 2.75) is 6.54 Å². The number of benzene rings is 2. The number of hydrogen-bond donors (Lipinski definition) is 3. The normalized spacial score (nSPS) is 13.7. The molecule has 0 saturated carbocycles. The number of aromatic nitrogens is 2. The van der Waals surface area contributed by atoms with Crippen LogP contribution in [0, 0.1) is 11.2 Å². The number of morpholine rings is 1. The van der Waals surface area contributed by atoms with Crippen molar-refractivity contribution in [3.8, 4) is 0 Å². The third-order valence-corrected chi connectivity index (χ3v) is 6.23. The fraction of sp³-hybridized carbons (Fsp3) is 0.172. The quantitative estimate of drug-likeness (QED) is 0.246. The standard InChI is InChI=1S/C29H28FN7O2/c30-23-9-5-21(6-10-23)20-37(25-3-1-13-32-19-25)29(38)34-24-11-7-22(8-12-24)27(31)35-28(26-4-2-14-33-26)36-15-17-39-18-16-36/h1-14,19,31,33H,15-18,20H2,(H,34,38). The van der Waals surface area contributed by atoms with Crippen LogP contribution in [0.15, 0.2) is 96.4 Å². The smallest absolute Gasteiger partial charge is 0.326 e. The first-order valence-corrected chi connectivity index (χ1v) is 12.5. The Labute approximate surface area is 225 Å². The first-order chi connectivity index (χ1) is 19.1. The van der Waals surface area contributed by atoms with Crippen molar-refractivity contribution in [3.05, 3.63) is 114 Å². The molecule has 1 saturated heterocycles. The summed E-state index contributed by atoms with van der Waals surface area (Å²) in [6, 6.07) is 20.0. The zero-order valence-electron chi connectivity index (χ0n) is 21.2. The Morgan fingerprint density at radius 2 is 1.85 bits per heavy atom. The van der Waals surface area contributed by atoms with E-state index < -0.39 is 0 Å². The Balaban J connectivity index is 1.31. The van der Waals surface area contributed by atoms with Crippen molar-refractivity contribution in [2.75, 3.05) is 36.5 Å². The minimum atomic E-state index is -0.366. The average molecular weight is 526 g/mol. The van der Waals surface area contributed by atoms with Gasteiger partial charge in [-0.3, -0.25) is 15.3 Å². The summed E-state index contributed by atoms with van der Waals surface area (Å²) in [5, 5.41) is 11.5. The number of carbonyl (C=O) groups excluding carboxylic acids is 1. The second-order valence-corrected chi connectivity index (χ2v) is 8.90. The Kier molecular flexibility index (Phi) is 8.03. The van der Waals surface area contributed by atoms with Gasteiger partial charge in [0.25, 0.3) is 0 Å². The number of H-pyrrole nitrogens is 1. The number of amides is 2. The lowest BCUT2D eigenvalue weighted by atomic mass is 10.2. The highest BCUT2D eigenvalue weighted by Crippen LogP contribution is 2.19. The molecule has 1 fully saturated rings. The highest BCUT2D eigenvalue weighted by atomic mass is 19.1. The molecule has 0 bridgehead atoms. The molecule has 1 aliphatic rings. The van der Waals surface area contributed by atoms with Gasteiger partial charge in [-0.25, -0.2) is 14.2 Å². The van der Waals surface area contributed by atoms with Crippen molar-refractivity contribution in [1.82, 2.24) is 14.9 Å². The molecule has 9 nitrogen and oxygen atoms in total. The van der Waals surface area contributed by atoms with Crippen LogP contribution in [-0.4, -0.2) is 58.9 Å². The van der Waals surface area contributed by atoms with Crippen molar-refractivity contribution < 1.29 is 13.9 Å². The molecule has 2 amide bonds. The van der Waals surface area contributed by atoms with E-state index in [1.807, 2.05) is 18.3 Å². The lowest BCUT2D eigenvalue weighted by molar-refractivity contribution is 0.0682. The number of halogens is 1. The SMILES string of the molecule is N=C(N=C(c1ccc[nH]1)N1CCOCC1)c1ccc(NC(=O)N(Cc2ccc(F)cc2)c2cccnc2)cc1. The summed E-state index contributed by atoms with van der Waals surface area (Å²) < 4.78 is 18.9. The zero-order chi connectivity index (χ0) is 27.0. The fourth-order valence-corrected chi connectivity index (χ4v) is 4.18. The summed E-state index contributed by atoms with van der Waals surface area (Å²) in [7, 11) is 0. The van der Waals surface area contributed by atoms with Gasteiger partial charge in [0.15, 0.2) is 11.7 Å². The maximum Gasteiger partial charge on any atom is 0.326 e. The molecule has 0 atom stereocenters. The number of nitrogens with one attached hydrogen (secondary N) is 3. The maximum atomic E-state index is 13.4. The van der Waals surface area contributed by atoms with Gasteiger partial charge in [-0.2, -0.15) is 0 Å². The lowest BCUT2D eigenvalue weighted by Gasteiger charge is -2.29. The number of rotatable bonds is 6. The van der Waals surface area contributed by atoms with Gasteiger partial charge >= 0.3 is 6.03 Å². The summed E-state index contributed by atoms with van der Waals surface area (Å²) in [6.45, 7) is 2.85. The number of amidine groups is 2. The van der Waals surface area contributed by atoms with Gasteiger partial charge in [0.2, 0.25) is 0 Å². The summed E-state index contributed by atoms with van der Waals surface area (Å²) in [4.78, 5) is 28.9. The number of aliphatic imine (C=N–C) groups is 1. The van der Waals surface area contributed by atoms with Crippen LogP contribution in [0.3, 0.4) is 0 Å². The van der Waals surface area contributed by atoms with Gasteiger partial charge < -0.3 is 19.9 Å². The molecular formula is C29H28FN7O2. The number of urea groups is 1. The molecule has 198 valence electrons. The Hall–Kier alpha value is -4.83. The zero-order valence-corrected chi connectivity index (χ0v) is 21.2. The molecule has 0 spiro atoms. The lowest BCUT2D eigenvalue weighted by Crippen LogP contribution is -2.41. The molecule has 0 radical (unpaired) electrons. The molecular weight excluding hydrogens is 497 g/mol. The molecule has 0 unspecified atom stereocenters. The van der Waals surface area contributed by atoms with Crippen molar-refractivity contribution in [1.29, 1.82) is 5.41 Å². The molecule has 0 aliphatic carbocycles. The Morgan fingerprint density at radius 3 is 2.51 bits per heavy atom. The van der Waals surface area contributed by atoms with Crippen molar-refractivity contribution in [2.24, 2.45) is 4.99 Å². The van der Waals surface area contributed by atoms with Crippen LogP contribution in [-0.2, 0) is 11.3 Å². The van der Waals surface area contributed by atoms with E-state index in [9.17, 15) is 9.18 Å². The number of hydrogen-bond acceptors (Lipinski definition) is 4. The Morgan fingerprint density at radius 1 is 1.08 bits per heavy atom. The Bertz CT molecular complexity index is 1420. The molecule has 39 heavy (non-hydrogen) atoms. The van der Waals surface area contributed by atoms with Gasteiger partial charge in [-0.15, -0.1) is 0 Å².